The average Bonchev–Trinajstić information content (AvgIpc) is 2.84. The normalized spacial score (nSPS) is 33.9. The van der Waals surface area contributed by atoms with Gasteiger partial charge in [0.2, 0.25) is 0 Å². The molecule has 2 rings (SSSR count). The fraction of sp³-hybridized carbons (Fsp3) is 1.00. The molecule has 2 fully saturated rings. The Labute approximate surface area is 118 Å². The highest BCUT2D eigenvalue weighted by Crippen LogP contribution is 2.18. The van der Waals surface area contributed by atoms with E-state index < -0.39 is 0 Å². The van der Waals surface area contributed by atoms with Crippen molar-refractivity contribution in [1.29, 1.82) is 0 Å². The lowest BCUT2D eigenvalue weighted by molar-refractivity contribution is 0.0725. The fourth-order valence-electron chi connectivity index (χ4n) is 3.37. The van der Waals surface area contributed by atoms with Crippen molar-refractivity contribution in [2.45, 2.75) is 39.3 Å². The van der Waals surface area contributed by atoms with Crippen LogP contribution in [0, 0.1) is 5.92 Å². The molecule has 112 valence electrons. The van der Waals surface area contributed by atoms with Gasteiger partial charge in [-0.3, -0.25) is 4.90 Å². The number of likely N-dealkylation sites (N-methyl/N-ethyl adjacent to an activating group) is 1. The predicted molar refractivity (Wildman–Crippen MR) is 79.5 cm³/mol. The van der Waals surface area contributed by atoms with E-state index in [-0.39, 0.29) is 0 Å². The number of piperazine rings is 1. The molecule has 2 aliphatic heterocycles. The molecular formula is C15H31N3O. The Hall–Kier alpha value is -0.160. The molecule has 0 aromatic carbocycles. The van der Waals surface area contributed by atoms with Gasteiger partial charge in [0.25, 0.3) is 0 Å². The van der Waals surface area contributed by atoms with Crippen molar-refractivity contribution in [1.82, 2.24) is 15.1 Å². The summed E-state index contributed by atoms with van der Waals surface area (Å²) in [6, 6.07) is 1.27. The van der Waals surface area contributed by atoms with Gasteiger partial charge in [0.05, 0.1) is 13.2 Å². The standard InChI is InChI=1S/C15H31N3O/c1-4-6-16-15-12-19-11-14(15)10-17-7-8-18(5-2)13(3)9-17/h13-16H,4-12H2,1-3H3. The molecule has 0 aromatic heterocycles. The van der Waals surface area contributed by atoms with E-state index in [0.29, 0.717) is 18.0 Å². The van der Waals surface area contributed by atoms with Gasteiger partial charge in [-0.05, 0) is 26.4 Å². The van der Waals surface area contributed by atoms with Crippen LogP contribution in [0.4, 0.5) is 0 Å². The van der Waals surface area contributed by atoms with Crippen LogP contribution in [0.3, 0.4) is 0 Å². The molecule has 2 aliphatic rings. The van der Waals surface area contributed by atoms with E-state index >= 15 is 0 Å². The average molecular weight is 269 g/mol. The minimum Gasteiger partial charge on any atom is -0.379 e. The van der Waals surface area contributed by atoms with E-state index in [4.69, 9.17) is 4.74 Å². The summed E-state index contributed by atoms with van der Waals surface area (Å²) in [6.07, 6.45) is 1.20. The van der Waals surface area contributed by atoms with Crippen molar-refractivity contribution >= 4 is 0 Å². The fourth-order valence-corrected chi connectivity index (χ4v) is 3.37. The van der Waals surface area contributed by atoms with Gasteiger partial charge in [-0.25, -0.2) is 0 Å². The molecule has 0 aliphatic carbocycles. The molecule has 0 amide bonds. The van der Waals surface area contributed by atoms with Crippen LogP contribution in [0.5, 0.6) is 0 Å². The van der Waals surface area contributed by atoms with Crippen LogP contribution in [0.25, 0.3) is 0 Å². The summed E-state index contributed by atoms with van der Waals surface area (Å²) in [4.78, 5) is 5.21. The Morgan fingerprint density at radius 2 is 2.05 bits per heavy atom. The maximum atomic E-state index is 5.68. The quantitative estimate of drug-likeness (QED) is 0.779. The van der Waals surface area contributed by atoms with E-state index in [1.54, 1.807) is 0 Å². The topological polar surface area (TPSA) is 27.7 Å². The summed E-state index contributed by atoms with van der Waals surface area (Å²) in [6.45, 7) is 15.8. The van der Waals surface area contributed by atoms with Crippen LogP contribution in [0.15, 0.2) is 0 Å². The van der Waals surface area contributed by atoms with Crippen LogP contribution < -0.4 is 5.32 Å². The molecule has 0 bridgehead atoms. The molecule has 19 heavy (non-hydrogen) atoms. The van der Waals surface area contributed by atoms with Gasteiger partial charge in [0.15, 0.2) is 0 Å². The number of nitrogens with zero attached hydrogens (tertiary/aromatic N) is 2. The molecule has 0 saturated carbocycles. The summed E-state index contributed by atoms with van der Waals surface area (Å²) < 4.78 is 5.68. The lowest BCUT2D eigenvalue weighted by atomic mass is 10.0. The zero-order chi connectivity index (χ0) is 13.7. The second kappa shape index (κ2) is 7.58. The lowest BCUT2D eigenvalue weighted by Gasteiger charge is -2.40. The first kappa shape index (κ1) is 15.2. The van der Waals surface area contributed by atoms with Crippen LogP contribution in [0.1, 0.15) is 27.2 Å². The highest BCUT2D eigenvalue weighted by molar-refractivity contribution is 4.86. The van der Waals surface area contributed by atoms with Crippen molar-refractivity contribution in [3.05, 3.63) is 0 Å². The number of rotatable bonds is 6. The Bertz CT molecular complexity index is 262. The Morgan fingerprint density at radius 3 is 2.74 bits per heavy atom. The third-order valence-electron chi connectivity index (χ3n) is 4.60. The smallest absolute Gasteiger partial charge is 0.0623 e. The van der Waals surface area contributed by atoms with Gasteiger partial charge in [-0.2, -0.15) is 0 Å². The van der Waals surface area contributed by atoms with Gasteiger partial charge in [0, 0.05) is 44.2 Å². The third-order valence-corrected chi connectivity index (χ3v) is 4.60. The molecule has 4 heteroatoms. The maximum absolute atomic E-state index is 5.68. The van der Waals surface area contributed by atoms with Crippen molar-refractivity contribution in [2.24, 2.45) is 5.92 Å². The van der Waals surface area contributed by atoms with Crippen LogP contribution in [-0.4, -0.2) is 74.4 Å². The summed E-state index contributed by atoms with van der Waals surface area (Å²) in [5.41, 5.74) is 0. The Kier molecular flexibility index (Phi) is 6.07. The summed E-state index contributed by atoms with van der Waals surface area (Å²) in [5, 5.41) is 3.64. The molecule has 3 unspecified atom stereocenters. The summed E-state index contributed by atoms with van der Waals surface area (Å²) in [7, 11) is 0. The number of ether oxygens (including phenoxy) is 1. The highest BCUT2D eigenvalue weighted by atomic mass is 16.5. The highest BCUT2D eigenvalue weighted by Gasteiger charge is 2.31. The van der Waals surface area contributed by atoms with Crippen LogP contribution >= 0.6 is 0 Å². The van der Waals surface area contributed by atoms with Crippen molar-refractivity contribution in [3.8, 4) is 0 Å². The van der Waals surface area contributed by atoms with Crippen LogP contribution in [0.2, 0.25) is 0 Å². The van der Waals surface area contributed by atoms with Gasteiger partial charge in [-0.1, -0.05) is 13.8 Å². The zero-order valence-electron chi connectivity index (χ0n) is 12.9. The zero-order valence-corrected chi connectivity index (χ0v) is 12.9. The maximum Gasteiger partial charge on any atom is 0.0623 e. The molecule has 0 radical (unpaired) electrons. The van der Waals surface area contributed by atoms with E-state index in [0.717, 1.165) is 19.8 Å². The van der Waals surface area contributed by atoms with E-state index in [9.17, 15) is 0 Å². The van der Waals surface area contributed by atoms with Crippen LogP contribution in [-0.2, 0) is 4.74 Å². The van der Waals surface area contributed by atoms with Gasteiger partial charge in [0.1, 0.15) is 0 Å². The lowest BCUT2D eigenvalue weighted by Crippen LogP contribution is -2.53. The SMILES string of the molecule is CCCNC1COCC1CN1CCN(CC)C(C)C1. The van der Waals surface area contributed by atoms with Crippen molar-refractivity contribution in [3.63, 3.8) is 0 Å². The molecule has 1 N–H and O–H groups in total. The van der Waals surface area contributed by atoms with Crippen molar-refractivity contribution in [2.75, 3.05) is 52.5 Å². The second-order valence-electron chi connectivity index (χ2n) is 6.10. The summed E-state index contributed by atoms with van der Waals surface area (Å²) >= 11 is 0. The first-order valence-corrected chi connectivity index (χ1v) is 8.02. The minimum absolute atomic E-state index is 0.569. The Morgan fingerprint density at radius 1 is 1.21 bits per heavy atom. The molecule has 2 heterocycles. The second-order valence-corrected chi connectivity index (χ2v) is 6.10. The number of nitrogens with one attached hydrogen (secondary N) is 1. The predicted octanol–water partition coefficient (Wildman–Crippen LogP) is 1.03. The molecule has 2 saturated heterocycles. The third kappa shape index (κ3) is 4.15. The summed E-state index contributed by atoms with van der Waals surface area (Å²) in [5.74, 6) is 0.673. The first-order chi connectivity index (χ1) is 9.24. The van der Waals surface area contributed by atoms with Gasteiger partial charge < -0.3 is 15.0 Å². The van der Waals surface area contributed by atoms with E-state index in [1.165, 1.54) is 39.1 Å². The molecule has 4 nitrogen and oxygen atoms in total. The molecular weight excluding hydrogens is 238 g/mol. The Balaban J connectivity index is 1.77. The number of hydrogen-bond acceptors (Lipinski definition) is 4. The minimum atomic E-state index is 0.569. The van der Waals surface area contributed by atoms with E-state index in [2.05, 4.69) is 35.9 Å². The first-order valence-electron chi connectivity index (χ1n) is 8.02. The van der Waals surface area contributed by atoms with Crippen molar-refractivity contribution < 1.29 is 4.74 Å². The van der Waals surface area contributed by atoms with E-state index in [1.807, 2.05) is 0 Å². The largest absolute Gasteiger partial charge is 0.379 e. The number of hydrogen-bond donors (Lipinski definition) is 1. The molecule has 3 atom stereocenters. The molecule has 0 aromatic rings. The van der Waals surface area contributed by atoms with Gasteiger partial charge in [-0.15, -0.1) is 0 Å². The van der Waals surface area contributed by atoms with Gasteiger partial charge >= 0.3 is 0 Å². The monoisotopic (exact) mass is 269 g/mol. The molecule has 0 spiro atoms.